The summed E-state index contributed by atoms with van der Waals surface area (Å²) >= 11 is 12.6. The Morgan fingerprint density at radius 1 is 1.03 bits per heavy atom. The van der Waals surface area contributed by atoms with Crippen LogP contribution in [-0.4, -0.2) is 37.2 Å². The highest BCUT2D eigenvalue weighted by Crippen LogP contribution is 2.41. The summed E-state index contributed by atoms with van der Waals surface area (Å²) in [5.41, 5.74) is 3.85. The SMILES string of the molecule is CCN(CC)Cc1cc(-c2cc3ncc(C#N)c(Nc4cc(OC)c(Cl)cc4Cl)c3cc2OC)co1. The van der Waals surface area contributed by atoms with E-state index in [4.69, 9.17) is 37.1 Å². The van der Waals surface area contributed by atoms with Gasteiger partial charge < -0.3 is 19.2 Å². The third-order valence-corrected chi connectivity index (χ3v) is 6.66. The van der Waals surface area contributed by atoms with Crippen molar-refractivity contribution in [1.29, 1.82) is 5.26 Å². The molecule has 0 saturated heterocycles. The lowest BCUT2D eigenvalue weighted by Crippen LogP contribution is -2.21. The van der Waals surface area contributed by atoms with E-state index in [0.717, 1.165) is 36.5 Å². The zero-order chi connectivity index (χ0) is 25.8. The van der Waals surface area contributed by atoms with Crippen molar-refractivity contribution in [2.75, 3.05) is 32.6 Å². The second-order valence-corrected chi connectivity index (χ2v) is 8.90. The molecule has 0 aliphatic rings. The first kappa shape index (κ1) is 25.6. The molecule has 186 valence electrons. The number of rotatable bonds is 9. The Kier molecular flexibility index (Phi) is 7.90. The van der Waals surface area contributed by atoms with Gasteiger partial charge in [-0.2, -0.15) is 5.26 Å². The van der Waals surface area contributed by atoms with Gasteiger partial charge in [0.2, 0.25) is 0 Å². The molecule has 0 bridgehead atoms. The standard InChI is InChI=1S/C27H26Cl2N4O3/c1-5-33(6-2)14-18-7-16(15-36-18)19-8-23-20(9-25(19)34-3)27(17(12-30)13-31-23)32-24-11-26(35-4)22(29)10-21(24)28/h7-11,13,15H,5-6,14H2,1-4H3,(H,31,32). The highest BCUT2D eigenvalue weighted by Gasteiger charge is 2.18. The van der Waals surface area contributed by atoms with E-state index in [0.29, 0.717) is 49.4 Å². The minimum Gasteiger partial charge on any atom is -0.496 e. The van der Waals surface area contributed by atoms with Crippen molar-refractivity contribution in [1.82, 2.24) is 9.88 Å². The van der Waals surface area contributed by atoms with Gasteiger partial charge in [-0.05, 0) is 37.4 Å². The second-order valence-electron chi connectivity index (χ2n) is 8.08. The summed E-state index contributed by atoms with van der Waals surface area (Å²) in [5.74, 6) is 1.95. The number of aromatic nitrogens is 1. The summed E-state index contributed by atoms with van der Waals surface area (Å²) in [6.45, 7) is 6.86. The van der Waals surface area contributed by atoms with Crippen LogP contribution in [0.3, 0.4) is 0 Å². The van der Waals surface area contributed by atoms with E-state index in [1.54, 1.807) is 25.5 Å². The number of methoxy groups -OCH3 is 2. The maximum Gasteiger partial charge on any atom is 0.139 e. The predicted molar refractivity (Wildman–Crippen MR) is 144 cm³/mol. The average molecular weight is 525 g/mol. The monoisotopic (exact) mass is 524 g/mol. The van der Waals surface area contributed by atoms with E-state index in [2.05, 4.69) is 35.1 Å². The lowest BCUT2D eigenvalue weighted by molar-refractivity contribution is 0.269. The highest BCUT2D eigenvalue weighted by molar-refractivity contribution is 6.37. The summed E-state index contributed by atoms with van der Waals surface area (Å²) in [4.78, 5) is 6.81. The predicted octanol–water partition coefficient (Wildman–Crippen LogP) is 7.28. The van der Waals surface area contributed by atoms with Crippen LogP contribution in [0.1, 0.15) is 25.2 Å². The second kappa shape index (κ2) is 11.1. The lowest BCUT2D eigenvalue weighted by atomic mass is 10.0. The van der Waals surface area contributed by atoms with Gasteiger partial charge in [-0.3, -0.25) is 9.88 Å². The summed E-state index contributed by atoms with van der Waals surface area (Å²) in [5, 5.41) is 14.5. The zero-order valence-electron chi connectivity index (χ0n) is 20.5. The summed E-state index contributed by atoms with van der Waals surface area (Å²) < 4.78 is 16.9. The van der Waals surface area contributed by atoms with E-state index >= 15 is 0 Å². The molecule has 0 aliphatic heterocycles. The molecule has 0 fully saturated rings. The molecule has 2 aromatic carbocycles. The van der Waals surface area contributed by atoms with Crippen molar-refractivity contribution in [2.24, 2.45) is 0 Å². The van der Waals surface area contributed by atoms with Crippen LogP contribution in [0.15, 0.2) is 47.2 Å². The van der Waals surface area contributed by atoms with Crippen LogP contribution in [0.4, 0.5) is 11.4 Å². The molecular formula is C27H26Cl2N4O3. The van der Waals surface area contributed by atoms with Crippen LogP contribution in [0.5, 0.6) is 11.5 Å². The van der Waals surface area contributed by atoms with E-state index in [9.17, 15) is 5.26 Å². The fraction of sp³-hybridized carbons (Fsp3) is 0.259. The van der Waals surface area contributed by atoms with Gasteiger partial charge in [0.25, 0.3) is 0 Å². The van der Waals surface area contributed by atoms with Crippen molar-refractivity contribution in [3.63, 3.8) is 0 Å². The number of ether oxygens (including phenoxy) is 2. The Morgan fingerprint density at radius 2 is 1.78 bits per heavy atom. The molecule has 7 nitrogen and oxygen atoms in total. The summed E-state index contributed by atoms with van der Waals surface area (Å²) in [6, 6.07) is 11.3. The molecule has 4 rings (SSSR count). The smallest absolute Gasteiger partial charge is 0.139 e. The van der Waals surface area contributed by atoms with Crippen molar-refractivity contribution < 1.29 is 13.9 Å². The molecule has 0 radical (unpaired) electrons. The first-order chi connectivity index (χ1) is 17.4. The van der Waals surface area contributed by atoms with Gasteiger partial charge in [0.15, 0.2) is 0 Å². The molecule has 36 heavy (non-hydrogen) atoms. The van der Waals surface area contributed by atoms with Crippen LogP contribution >= 0.6 is 23.2 Å². The first-order valence-electron chi connectivity index (χ1n) is 11.4. The zero-order valence-corrected chi connectivity index (χ0v) is 22.0. The van der Waals surface area contributed by atoms with Crippen LogP contribution in [-0.2, 0) is 6.54 Å². The van der Waals surface area contributed by atoms with Gasteiger partial charge >= 0.3 is 0 Å². The van der Waals surface area contributed by atoms with Crippen LogP contribution in [0.2, 0.25) is 10.0 Å². The number of nitriles is 1. The van der Waals surface area contributed by atoms with E-state index in [1.165, 1.54) is 13.3 Å². The van der Waals surface area contributed by atoms with Crippen molar-refractivity contribution >= 4 is 45.5 Å². The van der Waals surface area contributed by atoms with Gasteiger partial charge in [0.05, 0.1) is 59.5 Å². The Morgan fingerprint density at radius 3 is 2.44 bits per heavy atom. The van der Waals surface area contributed by atoms with Gasteiger partial charge in [-0.15, -0.1) is 0 Å². The molecule has 0 saturated carbocycles. The average Bonchev–Trinajstić information content (AvgIpc) is 3.36. The molecule has 2 aromatic heterocycles. The van der Waals surface area contributed by atoms with Crippen LogP contribution in [0.25, 0.3) is 22.0 Å². The number of fused-ring (bicyclic) bond motifs is 1. The molecule has 1 N–H and O–H groups in total. The molecule has 0 unspecified atom stereocenters. The van der Waals surface area contributed by atoms with Crippen molar-refractivity contribution in [3.8, 4) is 28.7 Å². The molecular weight excluding hydrogens is 499 g/mol. The Hall–Kier alpha value is -3.44. The number of hydrogen-bond acceptors (Lipinski definition) is 7. The van der Waals surface area contributed by atoms with Crippen molar-refractivity contribution in [2.45, 2.75) is 20.4 Å². The normalized spacial score (nSPS) is 11.1. The minimum absolute atomic E-state index is 0.354. The lowest BCUT2D eigenvalue weighted by Gasteiger charge is -2.16. The molecule has 0 atom stereocenters. The molecule has 0 aliphatic carbocycles. The van der Waals surface area contributed by atoms with Crippen molar-refractivity contribution in [3.05, 3.63) is 64.2 Å². The van der Waals surface area contributed by atoms with Crippen LogP contribution < -0.4 is 14.8 Å². The Labute approximate surface area is 220 Å². The van der Waals surface area contributed by atoms with E-state index < -0.39 is 0 Å². The number of furan rings is 1. The number of nitrogens with zero attached hydrogens (tertiary/aromatic N) is 3. The molecule has 9 heteroatoms. The molecule has 4 aromatic rings. The number of hydrogen-bond donors (Lipinski definition) is 1. The maximum atomic E-state index is 9.79. The summed E-state index contributed by atoms with van der Waals surface area (Å²) in [7, 11) is 3.13. The number of halogens is 2. The fourth-order valence-corrected chi connectivity index (χ4v) is 4.53. The first-order valence-corrected chi connectivity index (χ1v) is 12.2. The number of nitrogens with one attached hydrogen (secondary N) is 1. The van der Waals surface area contributed by atoms with E-state index in [1.807, 2.05) is 18.2 Å². The topological polar surface area (TPSA) is 83.6 Å². The Balaban J connectivity index is 1.81. The third-order valence-electron chi connectivity index (χ3n) is 6.05. The number of pyridine rings is 1. The maximum absolute atomic E-state index is 9.79. The van der Waals surface area contributed by atoms with E-state index in [-0.39, 0.29) is 0 Å². The third kappa shape index (κ3) is 5.07. The van der Waals surface area contributed by atoms with Gasteiger partial charge in [-0.1, -0.05) is 37.0 Å². The Bertz CT molecular complexity index is 1440. The van der Waals surface area contributed by atoms with Gasteiger partial charge in [0, 0.05) is 28.8 Å². The highest BCUT2D eigenvalue weighted by atomic mass is 35.5. The molecule has 0 spiro atoms. The fourth-order valence-electron chi connectivity index (χ4n) is 4.02. The largest absolute Gasteiger partial charge is 0.496 e. The van der Waals surface area contributed by atoms with Gasteiger partial charge in [0.1, 0.15) is 23.3 Å². The molecule has 0 amide bonds. The minimum atomic E-state index is 0.354. The molecule has 2 heterocycles. The number of benzene rings is 2. The quantitative estimate of drug-likeness (QED) is 0.246. The number of anilines is 2. The van der Waals surface area contributed by atoms with Crippen LogP contribution in [0, 0.1) is 11.3 Å². The summed E-state index contributed by atoms with van der Waals surface area (Å²) in [6.07, 6.45) is 3.26. The van der Waals surface area contributed by atoms with Gasteiger partial charge in [-0.25, -0.2) is 0 Å².